The molecule has 10 nitrogen and oxygen atoms in total. The van der Waals surface area contributed by atoms with Crippen LogP contribution >= 0.6 is 0 Å². The van der Waals surface area contributed by atoms with Crippen molar-refractivity contribution in [3.8, 4) is 0 Å². The van der Waals surface area contributed by atoms with E-state index in [1.807, 2.05) is 0 Å². The fourth-order valence-corrected chi connectivity index (χ4v) is 6.45. The summed E-state index contributed by atoms with van der Waals surface area (Å²) in [7, 11) is 0. The summed E-state index contributed by atoms with van der Waals surface area (Å²) in [5, 5.41) is 12.8. The van der Waals surface area contributed by atoms with E-state index in [0.717, 1.165) is 6.42 Å². The van der Waals surface area contributed by atoms with Crippen LogP contribution in [0.25, 0.3) is 0 Å². The molecule has 1 aliphatic heterocycles. The maximum absolute atomic E-state index is 13.5. The highest BCUT2D eigenvalue weighted by molar-refractivity contribution is 5.89. The Balaban J connectivity index is 1.29. The van der Waals surface area contributed by atoms with Gasteiger partial charge in [0.1, 0.15) is 18.8 Å². The molecule has 0 spiro atoms. The van der Waals surface area contributed by atoms with Crippen LogP contribution in [-0.2, 0) is 28.6 Å². The van der Waals surface area contributed by atoms with E-state index in [-0.39, 0.29) is 79.7 Å². The number of rotatable bonds is 12. The van der Waals surface area contributed by atoms with Crippen molar-refractivity contribution >= 4 is 23.8 Å². The van der Waals surface area contributed by atoms with Crippen molar-refractivity contribution < 1.29 is 38.5 Å². The van der Waals surface area contributed by atoms with Gasteiger partial charge in [0.15, 0.2) is 0 Å². The minimum absolute atomic E-state index is 0.0211. The van der Waals surface area contributed by atoms with Gasteiger partial charge in [0, 0.05) is 31.2 Å². The summed E-state index contributed by atoms with van der Waals surface area (Å²) in [5.41, 5.74) is 0.632. The number of ether oxygens (including phenoxy) is 3. The summed E-state index contributed by atoms with van der Waals surface area (Å²) in [5.74, 6) is -0.732. The van der Waals surface area contributed by atoms with Gasteiger partial charge < -0.3 is 24.6 Å². The molecule has 0 bridgehead atoms. The Kier molecular flexibility index (Phi) is 11.4. The average Bonchev–Trinajstić information content (AvgIpc) is 2.97. The summed E-state index contributed by atoms with van der Waals surface area (Å²) >= 11 is 0. The number of hydrogen-bond donors (Lipinski definition) is 2. The summed E-state index contributed by atoms with van der Waals surface area (Å²) < 4.78 is 16.9. The topological polar surface area (TPSA) is 141 Å². The number of aliphatic hydroxyl groups is 1. The van der Waals surface area contributed by atoms with Crippen LogP contribution < -0.4 is 5.32 Å². The van der Waals surface area contributed by atoms with E-state index in [4.69, 9.17) is 14.2 Å². The van der Waals surface area contributed by atoms with Crippen LogP contribution in [0.5, 0.6) is 0 Å². The number of carbonyl (C=O) groups is 4. The molecule has 2 heterocycles. The first kappa shape index (κ1) is 33.4. The van der Waals surface area contributed by atoms with Crippen molar-refractivity contribution in [1.82, 2.24) is 10.3 Å². The Morgan fingerprint density at radius 2 is 1.98 bits per heavy atom. The predicted octanol–water partition coefficient (Wildman–Crippen LogP) is 4.32. The molecule has 1 fully saturated rings. The average molecular weight is 611 g/mol. The van der Waals surface area contributed by atoms with E-state index in [0.29, 0.717) is 31.2 Å². The van der Waals surface area contributed by atoms with Crippen LogP contribution in [0.4, 0.5) is 0 Å². The number of allylic oxidation sites excluding steroid dienone is 3. The number of esters is 3. The maximum atomic E-state index is 13.5. The number of pyridine rings is 1. The van der Waals surface area contributed by atoms with Gasteiger partial charge >= 0.3 is 17.9 Å². The number of carbonyl (C=O) groups excluding carboxylic acids is 4. The summed E-state index contributed by atoms with van der Waals surface area (Å²) in [6, 6.07) is 3.25. The van der Waals surface area contributed by atoms with Crippen molar-refractivity contribution in [3.05, 3.63) is 53.9 Å². The van der Waals surface area contributed by atoms with Crippen molar-refractivity contribution in [2.45, 2.75) is 91.0 Å². The number of cyclic esters (lactones) is 1. The van der Waals surface area contributed by atoms with Crippen molar-refractivity contribution in [3.63, 3.8) is 0 Å². The number of fused-ring (bicyclic) bond motifs is 1. The van der Waals surface area contributed by atoms with Crippen LogP contribution in [0.2, 0.25) is 0 Å². The largest absolute Gasteiger partial charge is 0.462 e. The zero-order chi connectivity index (χ0) is 31.9. The molecule has 1 amide bonds. The molecule has 1 aromatic rings. The van der Waals surface area contributed by atoms with Crippen LogP contribution in [0.3, 0.4) is 0 Å². The molecule has 4 rings (SSSR count). The fraction of sp³-hybridized carbons (Fsp3) is 0.618. The lowest BCUT2D eigenvalue weighted by Gasteiger charge is -2.44. The number of nitrogens with zero attached hydrogens (tertiary/aromatic N) is 1. The van der Waals surface area contributed by atoms with Gasteiger partial charge in [0.2, 0.25) is 5.91 Å². The highest BCUT2D eigenvalue weighted by atomic mass is 16.6. The minimum Gasteiger partial charge on any atom is -0.462 e. The number of aromatic nitrogens is 1. The summed E-state index contributed by atoms with van der Waals surface area (Å²) in [6.07, 6.45) is 11.4. The number of hydrogen-bond acceptors (Lipinski definition) is 9. The van der Waals surface area contributed by atoms with Gasteiger partial charge in [-0.1, -0.05) is 32.1 Å². The second-order valence-electron chi connectivity index (χ2n) is 13.1. The SMILES string of the molecule is C[C@H]1C=C2C=C[C@H](C)[C@H](CC[C@@H]3C[C@@H](O)CC(=O)O3)[C@H]2[C@@H](OC(=O)C(C)(C)CCC(=O)NCCOC(=O)c2cccnc2)C1. The van der Waals surface area contributed by atoms with Crippen molar-refractivity contribution in [2.75, 3.05) is 13.2 Å². The molecule has 0 aromatic carbocycles. The maximum Gasteiger partial charge on any atom is 0.339 e. The molecule has 7 atom stereocenters. The molecule has 0 saturated carbocycles. The molecule has 10 heteroatoms. The number of amides is 1. The molecule has 1 aromatic heterocycles. The molecular formula is C34H46N2O8. The standard InChI is InChI=1S/C34H46N2O8/c1-21-16-23-8-7-22(2)27(10-9-26-18-25(37)19-30(39)43-26)31(23)28(17-21)44-33(41)34(3,4)12-11-29(38)36-14-15-42-32(40)24-6-5-13-35-20-24/h5-8,13,16,20-22,25-28,31,37H,9-12,14-15,17-19H2,1-4H3,(H,36,38)/t21-,22-,25+,26+,27-,28-,31-/m0/s1. The Morgan fingerprint density at radius 1 is 1.18 bits per heavy atom. The Hall–Kier alpha value is -3.53. The van der Waals surface area contributed by atoms with Gasteiger partial charge in [0.05, 0.1) is 30.0 Å². The van der Waals surface area contributed by atoms with Gasteiger partial charge in [-0.05, 0) is 75.0 Å². The zero-order valence-electron chi connectivity index (χ0n) is 26.2. The van der Waals surface area contributed by atoms with Gasteiger partial charge in [-0.25, -0.2) is 4.79 Å². The molecule has 2 aliphatic carbocycles. The molecule has 0 unspecified atom stereocenters. The Morgan fingerprint density at radius 3 is 2.70 bits per heavy atom. The van der Waals surface area contributed by atoms with Crippen LogP contribution in [0.1, 0.15) is 83.0 Å². The smallest absolute Gasteiger partial charge is 0.339 e. The first-order valence-corrected chi connectivity index (χ1v) is 15.8. The lowest BCUT2D eigenvalue weighted by atomic mass is 9.65. The van der Waals surface area contributed by atoms with Crippen molar-refractivity contribution in [1.29, 1.82) is 0 Å². The lowest BCUT2D eigenvalue weighted by Crippen LogP contribution is -2.43. The van der Waals surface area contributed by atoms with Gasteiger partial charge in [-0.3, -0.25) is 19.4 Å². The highest BCUT2D eigenvalue weighted by Gasteiger charge is 2.43. The fourth-order valence-electron chi connectivity index (χ4n) is 6.45. The molecular weight excluding hydrogens is 564 g/mol. The van der Waals surface area contributed by atoms with Gasteiger partial charge in [-0.2, -0.15) is 0 Å². The van der Waals surface area contributed by atoms with E-state index in [2.05, 4.69) is 42.4 Å². The second-order valence-corrected chi connectivity index (χ2v) is 13.1. The monoisotopic (exact) mass is 610 g/mol. The van der Waals surface area contributed by atoms with Gasteiger partial charge in [0.25, 0.3) is 0 Å². The molecule has 1 saturated heterocycles. The molecule has 44 heavy (non-hydrogen) atoms. The van der Waals surface area contributed by atoms with Crippen molar-refractivity contribution in [2.24, 2.45) is 29.1 Å². The quantitative estimate of drug-likeness (QED) is 0.201. The van der Waals surface area contributed by atoms with E-state index in [9.17, 15) is 24.3 Å². The van der Waals surface area contributed by atoms with Crippen LogP contribution in [0.15, 0.2) is 48.3 Å². The Labute approximate surface area is 259 Å². The highest BCUT2D eigenvalue weighted by Crippen LogP contribution is 2.45. The molecule has 2 N–H and O–H groups in total. The first-order valence-electron chi connectivity index (χ1n) is 15.8. The van der Waals surface area contributed by atoms with E-state index >= 15 is 0 Å². The molecule has 3 aliphatic rings. The van der Waals surface area contributed by atoms with E-state index < -0.39 is 17.5 Å². The predicted molar refractivity (Wildman–Crippen MR) is 162 cm³/mol. The number of aliphatic hydroxyl groups excluding tert-OH is 1. The normalized spacial score (nSPS) is 28.2. The summed E-state index contributed by atoms with van der Waals surface area (Å²) in [6.45, 7) is 8.07. The third-order valence-electron chi connectivity index (χ3n) is 9.00. The first-order chi connectivity index (χ1) is 20.9. The van der Waals surface area contributed by atoms with E-state index in [1.165, 1.54) is 11.8 Å². The van der Waals surface area contributed by atoms with E-state index in [1.54, 1.807) is 32.2 Å². The number of nitrogens with one attached hydrogen (secondary N) is 1. The van der Waals surface area contributed by atoms with Gasteiger partial charge in [-0.15, -0.1) is 0 Å². The lowest BCUT2D eigenvalue weighted by molar-refractivity contribution is -0.166. The van der Waals surface area contributed by atoms with Crippen LogP contribution in [-0.4, -0.2) is 65.4 Å². The second kappa shape index (κ2) is 15.0. The third kappa shape index (κ3) is 9.00. The molecule has 240 valence electrons. The molecule has 0 radical (unpaired) electrons. The third-order valence-corrected chi connectivity index (χ3v) is 9.00. The minimum atomic E-state index is -0.882. The summed E-state index contributed by atoms with van der Waals surface area (Å²) in [4.78, 5) is 53.8. The van der Waals surface area contributed by atoms with Crippen LogP contribution in [0, 0.1) is 29.1 Å². The Bertz CT molecular complexity index is 1240. The zero-order valence-corrected chi connectivity index (χ0v) is 26.2.